The van der Waals surface area contributed by atoms with Gasteiger partial charge in [-0.3, -0.25) is 4.98 Å². The van der Waals surface area contributed by atoms with Crippen molar-refractivity contribution in [3.63, 3.8) is 0 Å². The van der Waals surface area contributed by atoms with Gasteiger partial charge in [-0.25, -0.2) is 0 Å². The molecule has 0 unspecified atom stereocenters. The Hall–Kier alpha value is -1.88. The highest BCUT2D eigenvalue weighted by molar-refractivity contribution is 7.99. The number of pyridine rings is 1. The highest BCUT2D eigenvalue weighted by Crippen LogP contribution is 2.39. The Balaban J connectivity index is 1.60. The molecule has 0 aliphatic carbocycles. The van der Waals surface area contributed by atoms with E-state index in [2.05, 4.69) is 79.4 Å². The number of fused-ring (bicyclic) bond motifs is 2. The van der Waals surface area contributed by atoms with Crippen molar-refractivity contribution < 1.29 is 0 Å². The number of hydrogen-bond donors (Lipinski definition) is 2. The van der Waals surface area contributed by atoms with E-state index in [4.69, 9.17) is 0 Å². The van der Waals surface area contributed by atoms with E-state index >= 15 is 0 Å². The predicted molar refractivity (Wildman–Crippen MR) is 113 cm³/mol. The number of benzene rings is 1. The number of aromatic nitrogens is 1. The van der Waals surface area contributed by atoms with Crippen molar-refractivity contribution in [1.29, 1.82) is 0 Å². The van der Waals surface area contributed by atoms with Crippen molar-refractivity contribution >= 4 is 28.8 Å². The first-order valence-corrected chi connectivity index (χ1v) is 10.2. The molecule has 1 aromatic heterocycles. The molecule has 0 saturated carbocycles. The standard InChI is InChI=1S/C21H28N4S/c1-20(2,3)19-9-17-16(10-22-19)23-12-25(17)11-21(4,5)14-6-7-15-18(8-14)26-13-24-15/h6-10,23-24H,11-13H2,1-5H3. The first-order chi connectivity index (χ1) is 12.2. The number of nitrogens with zero attached hydrogens (tertiary/aromatic N) is 2. The van der Waals surface area contributed by atoms with Crippen LogP contribution >= 0.6 is 11.8 Å². The van der Waals surface area contributed by atoms with Crippen LogP contribution in [0.3, 0.4) is 0 Å². The minimum absolute atomic E-state index is 0.0585. The summed E-state index contributed by atoms with van der Waals surface area (Å²) >= 11 is 1.89. The van der Waals surface area contributed by atoms with Crippen LogP contribution in [0.4, 0.5) is 17.1 Å². The minimum Gasteiger partial charge on any atom is -0.375 e. The van der Waals surface area contributed by atoms with Crippen LogP contribution in [0.1, 0.15) is 45.9 Å². The third-order valence-corrected chi connectivity index (χ3v) is 6.23. The summed E-state index contributed by atoms with van der Waals surface area (Å²) in [5.41, 5.74) is 6.34. The van der Waals surface area contributed by atoms with Crippen molar-refractivity contribution in [2.45, 2.75) is 50.3 Å². The molecule has 0 spiro atoms. The van der Waals surface area contributed by atoms with Crippen LogP contribution in [0.2, 0.25) is 0 Å². The topological polar surface area (TPSA) is 40.2 Å². The second-order valence-electron chi connectivity index (χ2n) is 8.93. The van der Waals surface area contributed by atoms with Crippen LogP contribution in [-0.2, 0) is 10.8 Å². The molecule has 0 radical (unpaired) electrons. The molecule has 2 aliphatic heterocycles. The average Bonchev–Trinajstić information content (AvgIpc) is 3.19. The number of nitrogens with one attached hydrogen (secondary N) is 2. The first kappa shape index (κ1) is 17.5. The molecule has 2 N–H and O–H groups in total. The van der Waals surface area contributed by atoms with Gasteiger partial charge in [-0.15, -0.1) is 11.8 Å². The van der Waals surface area contributed by atoms with E-state index in [0.717, 1.165) is 30.5 Å². The summed E-state index contributed by atoms with van der Waals surface area (Å²) in [4.78, 5) is 8.47. The van der Waals surface area contributed by atoms with Crippen LogP contribution in [0.25, 0.3) is 0 Å². The van der Waals surface area contributed by atoms with Gasteiger partial charge in [0.1, 0.15) is 0 Å². The lowest BCUT2D eigenvalue weighted by Gasteiger charge is -2.32. The number of hydrogen-bond acceptors (Lipinski definition) is 5. The van der Waals surface area contributed by atoms with Crippen molar-refractivity contribution in [2.24, 2.45) is 0 Å². The van der Waals surface area contributed by atoms with Gasteiger partial charge >= 0.3 is 0 Å². The van der Waals surface area contributed by atoms with E-state index in [9.17, 15) is 0 Å². The molecule has 138 valence electrons. The highest BCUT2D eigenvalue weighted by atomic mass is 32.2. The van der Waals surface area contributed by atoms with Crippen LogP contribution in [0.5, 0.6) is 0 Å². The van der Waals surface area contributed by atoms with Crippen molar-refractivity contribution in [3.05, 3.63) is 41.7 Å². The molecule has 4 nitrogen and oxygen atoms in total. The predicted octanol–water partition coefficient (Wildman–Crippen LogP) is 5.02. The zero-order valence-electron chi connectivity index (χ0n) is 16.3. The normalized spacial score (nSPS) is 16.1. The number of anilines is 3. The van der Waals surface area contributed by atoms with Gasteiger partial charge in [0, 0.05) is 33.7 Å². The summed E-state index contributed by atoms with van der Waals surface area (Å²) < 4.78 is 0. The maximum Gasteiger partial charge on any atom is 0.0878 e. The first-order valence-electron chi connectivity index (χ1n) is 9.25. The summed E-state index contributed by atoms with van der Waals surface area (Å²) in [6.45, 7) is 13.1. The summed E-state index contributed by atoms with van der Waals surface area (Å²) in [7, 11) is 0. The lowest BCUT2D eigenvalue weighted by molar-refractivity contribution is 0.517. The van der Waals surface area contributed by atoms with Crippen LogP contribution in [-0.4, -0.2) is 24.1 Å². The van der Waals surface area contributed by atoms with E-state index in [1.54, 1.807) is 0 Å². The monoisotopic (exact) mass is 368 g/mol. The van der Waals surface area contributed by atoms with Crippen molar-refractivity contribution in [1.82, 2.24) is 4.98 Å². The molecule has 3 heterocycles. The molecule has 5 heteroatoms. The van der Waals surface area contributed by atoms with Gasteiger partial charge in [0.25, 0.3) is 0 Å². The van der Waals surface area contributed by atoms with E-state index in [-0.39, 0.29) is 10.8 Å². The van der Waals surface area contributed by atoms with Gasteiger partial charge in [-0.05, 0) is 23.8 Å². The molecule has 4 rings (SSSR count). The molecule has 0 atom stereocenters. The second kappa shape index (κ2) is 6.08. The molecule has 0 saturated heterocycles. The SMILES string of the molecule is CC(C)(C)c1cc2c(cn1)NCN2CC(C)(C)c1ccc2c(c1)SCN2. The zero-order chi connectivity index (χ0) is 18.5. The smallest absolute Gasteiger partial charge is 0.0878 e. The van der Waals surface area contributed by atoms with E-state index in [1.807, 2.05) is 18.0 Å². The third kappa shape index (κ3) is 3.13. The highest BCUT2D eigenvalue weighted by Gasteiger charge is 2.30. The van der Waals surface area contributed by atoms with E-state index < -0.39 is 0 Å². The Morgan fingerprint density at radius 1 is 1.08 bits per heavy atom. The minimum atomic E-state index is 0.0585. The molecule has 2 aromatic rings. The molecule has 2 aliphatic rings. The van der Waals surface area contributed by atoms with Crippen molar-refractivity contribution in [2.75, 3.05) is 34.6 Å². The zero-order valence-corrected chi connectivity index (χ0v) is 17.1. The van der Waals surface area contributed by atoms with Crippen LogP contribution < -0.4 is 15.5 Å². The fourth-order valence-electron chi connectivity index (χ4n) is 3.63. The Labute approximate surface area is 160 Å². The maximum absolute atomic E-state index is 4.65. The quantitative estimate of drug-likeness (QED) is 0.796. The Morgan fingerprint density at radius 2 is 1.88 bits per heavy atom. The Kier molecular flexibility index (Phi) is 4.10. The fraction of sp³-hybridized carbons (Fsp3) is 0.476. The molecule has 0 bridgehead atoms. The van der Waals surface area contributed by atoms with Crippen LogP contribution in [0.15, 0.2) is 35.4 Å². The second-order valence-corrected chi connectivity index (χ2v) is 9.95. The molecular weight excluding hydrogens is 340 g/mol. The third-order valence-electron chi connectivity index (χ3n) is 5.29. The van der Waals surface area contributed by atoms with E-state index in [1.165, 1.54) is 21.8 Å². The van der Waals surface area contributed by atoms with Gasteiger partial charge in [0.15, 0.2) is 0 Å². The van der Waals surface area contributed by atoms with Gasteiger partial charge in [0.2, 0.25) is 0 Å². The molecular formula is C21H28N4S. The molecule has 0 fully saturated rings. The van der Waals surface area contributed by atoms with Gasteiger partial charge < -0.3 is 15.5 Å². The van der Waals surface area contributed by atoms with Crippen LogP contribution in [0, 0.1) is 0 Å². The largest absolute Gasteiger partial charge is 0.375 e. The lowest BCUT2D eigenvalue weighted by Crippen LogP contribution is -2.37. The Bertz CT molecular complexity index is 838. The fourth-order valence-corrected chi connectivity index (χ4v) is 4.52. The summed E-state index contributed by atoms with van der Waals surface area (Å²) in [5.74, 6) is 0.977. The summed E-state index contributed by atoms with van der Waals surface area (Å²) in [5, 5.41) is 6.91. The summed E-state index contributed by atoms with van der Waals surface area (Å²) in [6.07, 6.45) is 1.99. The molecule has 0 amide bonds. The van der Waals surface area contributed by atoms with Gasteiger partial charge in [-0.2, -0.15) is 0 Å². The lowest BCUT2D eigenvalue weighted by atomic mass is 9.84. The maximum atomic E-state index is 4.65. The van der Waals surface area contributed by atoms with Gasteiger partial charge in [-0.1, -0.05) is 40.7 Å². The van der Waals surface area contributed by atoms with Gasteiger partial charge in [0.05, 0.1) is 30.1 Å². The number of rotatable bonds is 3. The molecule has 26 heavy (non-hydrogen) atoms. The average molecular weight is 369 g/mol. The number of thioether (sulfide) groups is 1. The molecule has 1 aromatic carbocycles. The van der Waals surface area contributed by atoms with E-state index in [0.29, 0.717) is 0 Å². The summed E-state index contributed by atoms with van der Waals surface area (Å²) in [6, 6.07) is 9.12. The Morgan fingerprint density at radius 3 is 2.65 bits per heavy atom. The van der Waals surface area contributed by atoms with Crippen molar-refractivity contribution in [3.8, 4) is 0 Å².